The van der Waals surface area contributed by atoms with E-state index in [4.69, 9.17) is 18.9 Å². The second-order valence-electron chi connectivity index (χ2n) is 6.39. The van der Waals surface area contributed by atoms with Crippen LogP contribution in [-0.4, -0.2) is 52.3 Å². The zero-order valence-electron chi connectivity index (χ0n) is 18.3. The Kier molecular flexibility index (Phi) is 11.2. The van der Waals surface area contributed by atoms with Gasteiger partial charge in [0.25, 0.3) is 0 Å². The largest absolute Gasteiger partial charge is 0.496 e. The Hall–Kier alpha value is -1.66. The Bertz CT molecular complexity index is 785. The number of hydrogen-bond acceptors (Lipinski definition) is 5. The van der Waals surface area contributed by atoms with E-state index in [0.717, 1.165) is 23.0 Å². The van der Waals surface area contributed by atoms with Gasteiger partial charge in [-0.3, -0.25) is 4.79 Å². The van der Waals surface area contributed by atoms with Gasteiger partial charge in [-0.1, -0.05) is 25.8 Å². The summed E-state index contributed by atoms with van der Waals surface area (Å²) < 4.78 is 21.9. The van der Waals surface area contributed by atoms with Gasteiger partial charge in [0, 0.05) is 31.0 Å². The van der Waals surface area contributed by atoms with Crippen LogP contribution in [0.25, 0.3) is 0 Å². The van der Waals surface area contributed by atoms with E-state index in [9.17, 15) is 4.79 Å². The van der Waals surface area contributed by atoms with Crippen LogP contribution in [0.2, 0.25) is 0 Å². The Labute approximate surface area is 187 Å². The Morgan fingerprint density at radius 1 is 0.931 bits per heavy atom. The summed E-state index contributed by atoms with van der Waals surface area (Å²) in [7, 11) is 4.58. The quantitative estimate of drug-likeness (QED) is 0.313. The van der Waals surface area contributed by atoms with Crippen LogP contribution in [0.3, 0.4) is 0 Å². The summed E-state index contributed by atoms with van der Waals surface area (Å²) in [6.45, 7) is 4.88. The van der Waals surface area contributed by atoms with Crippen molar-refractivity contribution in [2.45, 2.75) is 33.1 Å². The van der Waals surface area contributed by atoms with Crippen LogP contribution >= 0.6 is 8.58 Å². The van der Waals surface area contributed by atoms with Gasteiger partial charge in [-0.2, -0.15) is 0 Å². The normalized spacial score (nSPS) is 10.5. The van der Waals surface area contributed by atoms with E-state index >= 15 is 0 Å². The van der Waals surface area contributed by atoms with Crippen molar-refractivity contribution in [3.05, 3.63) is 41.5 Å². The maximum Gasteiger partial charge on any atom is 0.193 e. The van der Waals surface area contributed by atoms with Gasteiger partial charge in [0.2, 0.25) is 0 Å². The maximum atomic E-state index is 13.0. The van der Waals surface area contributed by atoms with Crippen molar-refractivity contribution in [1.82, 2.24) is 0 Å². The molecule has 0 saturated heterocycles. The molecule has 0 aliphatic rings. The van der Waals surface area contributed by atoms with Gasteiger partial charge in [-0.25, -0.2) is 0 Å². The third-order valence-electron chi connectivity index (χ3n) is 4.40. The van der Waals surface area contributed by atoms with Crippen LogP contribution in [0.5, 0.6) is 23.0 Å². The van der Waals surface area contributed by atoms with E-state index in [-0.39, 0.29) is 33.0 Å². The van der Waals surface area contributed by atoms with Crippen molar-refractivity contribution >= 4 is 38.3 Å². The molecule has 5 nitrogen and oxygen atoms in total. The monoisotopic (exact) mass is 411 g/mol. The molecule has 2 aromatic rings. The Morgan fingerprint density at radius 3 is 2.10 bits per heavy atom. The first-order valence-corrected chi connectivity index (χ1v) is 10.4. The Morgan fingerprint density at radius 2 is 1.59 bits per heavy atom. The molecule has 0 spiro atoms. The van der Waals surface area contributed by atoms with E-state index in [2.05, 4.69) is 6.92 Å². The van der Waals surface area contributed by atoms with Crippen molar-refractivity contribution in [3.8, 4) is 23.0 Å². The summed E-state index contributed by atoms with van der Waals surface area (Å²) >= 11 is 0. The van der Waals surface area contributed by atoms with Gasteiger partial charge in [0.1, 0.15) is 28.6 Å². The molecule has 0 fully saturated rings. The average Bonchev–Trinajstić information content (AvgIpc) is 2.71. The number of carbonyl (C=O) groups is 1. The average molecular weight is 411 g/mol. The van der Waals surface area contributed by atoms with E-state index in [1.165, 1.54) is 27.1 Å². The number of carbonyl (C=O) groups excluding carboxylic acids is 1. The maximum absolute atomic E-state index is 13.0. The smallest absolute Gasteiger partial charge is 0.193 e. The molecule has 2 rings (SSSR count). The molecule has 1 atom stereocenters. The van der Waals surface area contributed by atoms with Crippen molar-refractivity contribution in [3.63, 3.8) is 0 Å². The molecule has 1 radical (unpaired) electrons. The summed E-state index contributed by atoms with van der Waals surface area (Å²) in [5, 5.41) is 0.978. The number of aryl methyl sites for hydroxylation is 1. The summed E-state index contributed by atoms with van der Waals surface area (Å²) in [4.78, 5) is 13.0. The first-order chi connectivity index (χ1) is 13.5. The van der Waals surface area contributed by atoms with Crippen LogP contribution in [0.4, 0.5) is 0 Å². The number of methoxy groups -OCH3 is 3. The molecule has 0 aliphatic heterocycles. The predicted molar refractivity (Wildman–Crippen MR) is 120 cm³/mol. The van der Waals surface area contributed by atoms with E-state index in [1.54, 1.807) is 19.2 Å². The first-order valence-electron chi connectivity index (χ1n) is 9.38. The van der Waals surface area contributed by atoms with Crippen molar-refractivity contribution < 1.29 is 23.7 Å². The molecule has 2 aromatic carbocycles. The van der Waals surface area contributed by atoms with Crippen LogP contribution in [0, 0.1) is 6.92 Å². The first kappa shape index (κ1) is 25.4. The summed E-state index contributed by atoms with van der Waals surface area (Å²) in [5.41, 5.74) is 1.42. The van der Waals surface area contributed by atoms with Gasteiger partial charge >= 0.3 is 0 Å². The molecule has 0 amide bonds. The molecule has 0 bridgehead atoms. The van der Waals surface area contributed by atoms with Gasteiger partial charge in [-0.05, 0) is 44.9 Å². The van der Waals surface area contributed by atoms with Crippen molar-refractivity contribution in [2.75, 3.05) is 27.9 Å². The minimum atomic E-state index is -0.0458. The zero-order valence-corrected chi connectivity index (χ0v) is 19.3. The minimum Gasteiger partial charge on any atom is -0.496 e. The standard InChI is InChI=1S/C22H29O5P.Li/c1-6-7-8-11-27-16-9-10-20(15(2)12-16)28-22(23)21-18(25-4)13-17(24-3)14-19(21)26-5;/h9-10,12-14,28H,6-8,11H2,1-5H3;. The molecule has 0 N–H and O–H groups in total. The summed E-state index contributed by atoms with van der Waals surface area (Å²) in [5.74, 6) is 2.31. The number of rotatable bonds is 11. The van der Waals surface area contributed by atoms with Crippen LogP contribution in [-0.2, 0) is 0 Å². The van der Waals surface area contributed by atoms with E-state index < -0.39 is 0 Å². The fourth-order valence-electron chi connectivity index (χ4n) is 2.82. The fourth-order valence-corrected chi connectivity index (χ4v) is 3.87. The number of ether oxygens (including phenoxy) is 4. The molecule has 0 heterocycles. The molecule has 7 heteroatoms. The molecule has 29 heavy (non-hydrogen) atoms. The summed E-state index contributed by atoms with van der Waals surface area (Å²) in [6.07, 6.45) is 3.38. The molecule has 0 saturated carbocycles. The van der Waals surface area contributed by atoms with Crippen molar-refractivity contribution in [1.29, 1.82) is 0 Å². The van der Waals surface area contributed by atoms with Gasteiger partial charge in [0.15, 0.2) is 5.52 Å². The van der Waals surface area contributed by atoms with Crippen molar-refractivity contribution in [2.24, 2.45) is 0 Å². The predicted octanol–water partition coefficient (Wildman–Crippen LogP) is 4.35. The number of benzene rings is 2. The molecule has 0 aliphatic carbocycles. The zero-order chi connectivity index (χ0) is 20.5. The molecule has 0 aromatic heterocycles. The minimum absolute atomic E-state index is 0. The third kappa shape index (κ3) is 6.96. The van der Waals surface area contributed by atoms with E-state index in [1.807, 2.05) is 25.1 Å². The fraction of sp³-hybridized carbons (Fsp3) is 0.409. The van der Waals surface area contributed by atoms with E-state index in [0.29, 0.717) is 29.4 Å². The van der Waals surface area contributed by atoms with Gasteiger partial charge in [-0.15, -0.1) is 0 Å². The number of hydrogen-bond donors (Lipinski definition) is 0. The van der Waals surface area contributed by atoms with Gasteiger partial charge < -0.3 is 18.9 Å². The third-order valence-corrected chi connectivity index (χ3v) is 5.71. The van der Waals surface area contributed by atoms with Crippen LogP contribution in [0.15, 0.2) is 30.3 Å². The SMILES string of the molecule is CCCCCOc1ccc(PC(=O)c2c(OC)cc(OC)cc2OC)c(C)c1.[Li]. The molecule has 1 unspecified atom stereocenters. The molecular formula is C22H29LiO5P. The van der Waals surface area contributed by atoms with Gasteiger partial charge in [0.05, 0.1) is 27.9 Å². The van der Waals surface area contributed by atoms with Crippen LogP contribution < -0.4 is 24.3 Å². The Balaban J connectivity index is 0.00000420. The van der Waals surface area contributed by atoms with Crippen LogP contribution in [0.1, 0.15) is 42.1 Å². The topological polar surface area (TPSA) is 54.0 Å². The molecule has 153 valence electrons. The molecular weight excluding hydrogens is 382 g/mol. The second-order valence-corrected chi connectivity index (χ2v) is 7.64. The second kappa shape index (κ2) is 12.8. The number of unbranched alkanes of at least 4 members (excludes halogenated alkanes) is 2. The summed E-state index contributed by atoms with van der Waals surface area (Å²) in [6, 6.07) is 9.27.